The second kappa shape index (κ2) is 5.08. The molecule has 0 bridgehead atoms. The van der Waals surface area contributed by atoms with Gasteiger partial charge in [0.2, 0.25) is 0 Å². The lowest BCUT2D eigenvalue weighted by Gasteiger charge is -2.04. The number of rotatable bonds is 2. The first-order chi connectivity index (χ1) is 8.08. The standard InChI is InChI=1S/C10H6BrCl2N3O/c11-5-2-1-3-14-9(5)16-10(17)7-4-6(12)8(13)15-7/h1-4,15H,(H,14,16,17). The van der Waals surface area contributed by atoms with Gasteiger partial charge < -0.3 is 10.3 Å². The molecule has 0 atom stereocenters. The number of nitrogens with zero attached hydrogens (tertiary/aromatic N) is 1. The first-order valence-electron chi connectivity index (χ1n) is 4.54. The van der Waals surface area contributed by atoms with Crippen LogP contribution in [0.25, 0.3) is 0 Å². The van der Waals surface area contributed by atoms with Crippen LogP contribution in [0.15, 0.2) is 28.9 Å². The van der Waals surface area contributed by atoms with Crippen LogP contribution in [0.5, 0.6) is 0 Å². The average Bonchev–Trinajstić information content (AvgIpc) is 2.63. The van der Waals surface area contributed by atoms with Crippen molar-refractivity contribution < 1.29 is 4.79 Å². The zero-order chi connectivity index (χ0) is 12.4. The zero-order valence-electron chi connectivity index (χ0n) is 8.30. The Morgan fingerprint density at radius 1 is 1.47 bits per heavy atom. The molecule has 0 saturated carbocycles. The Hall–Kier alpha value is -1.04. The second-order valence-corrected chi connectivity index (χ2v) is 4.77. The van der Waals surface area contributed by atoms with Gasteiger partial charge in [-0.05, 0) is 34.1 Å². The van der Waals surface area contributed by atoms with E-state index in [1.807, 2.05) is 0 Å². The van der Waals surface area contributed by atoms with Crippen LogP contribution in [0.2, 0.25) is 10.2 Å². The Balaban J connectivity index is 2.20. The molecule has 2 heterocycles. The molecule has 88 valence electrons. The van der Waals surface area contributed by atoms with Crippen LogP contribution in [-0.4, -0.2) is 15.9 Å². The highest BCUT2D eigenvalue weighted by Gasteiger charge is 2.13. The zero-order valence-corrected chi connectivity index (χ0v) is 11.4. The molecule has 2 aromatic rings. The van der Waals surface area contributed by atoms with Crippen molar-refractivity contribution in [3.05, 3.63) is 44.7 Å². The molecule has 1 amide bonds. The van der Waals surface area contributed by atoms with Gasteiger partial charge in [0.15, 0.2) is 0 Å². The summed E-state index contributed by atoms with van der Waals surface area (Å²) in [6.45, 7) is 0. The summed E-state index contributed by atoms with van der Waals surface area (Å²) < 4.78 is 0.692. The van der Waals surface area contributed by atoms with Crippen molar-refractivity contribution in [1.82, 2.24) is 9.97 Å². The molecule has 0 radical (unpaired) electrons. The Labute approximate surface area is 115 Å². The van der Waals surface area contributed by atoms with Crippen LogP contribution >= 0.6 is 39.1 Å². The van der Waals surface area contributed by atoms with E-state index in [9.17, 15) is 4.79 Å². The number of carbonyl (C=O) groups excluding carboxylic acids is 1. The predicted molar refractivity (Wildman–Crippen MR) is 70.7 cm³/mol. The number of aromatic nitrogens is 2. The Morgan fingerprint density at radius 2 is 2.24 bits per heavy atom. The number of aromatic amines is 1. The second-order valence-electron chi connectivity index (χ2n) is 3.13. The normalized spacial score (nSPS) is 10.3. The van der Waals surface area contributed by atoms with Crippen LogP contribution in [0.3, 0.4) is 0 Å². The summed E-state index contributed by atoms with van der Waals surface area (Å²) in [6.07, 6.45) is 1.58. The molecule has 0 fully saturated rings. The van der Waals surface area contributed by atoms with Crippen LogP contribution in [0.4, 0.5) is 5.82 Å². The van der Waals surface area contributed by atoms with Crippen molar-refractivity contribution in [3.63, 3.8) is 0 Å². The summed E-state index contributed by atoms with van der Waals surface area (Å²) in [5.41, 5.74) is 0.276. The summed E-state index contributed by atoms with van der Waals surface area (Å²) in [5, 5.41) is 3.16. The molecular weight excluding hydrogens is 329 g/mol. The third-order valence-electron chi connectivity index (χ3n) is 1.96. The van der Waals surface area contributed by atoms with Gasteiger partial charge in [-0.1, -0.05) is 23.2 Å². The number of pyridine rings is 1. The predicted octanol–water partition coefficient (Wildman–Crippen LogP) is 3.73. The number of carbonyl (C=O) groups is 1. The molecule has 0 saturated heterocycles. The van der Waals surface area contributed by atoms with E-state index in [0.717, 1.165) is 0 Å². The number of H-pyrrole nitrogens is 1. The van der Waals surface area contributed by atoms with Gasteiger partial charge in [-0.15, -0.1) is 0 Å². The average molecular weight is 335 g/mol. The number of halogens is 3. The largest absolute Gasteiger partial charge is 0.340 e. The number of anilines is 1. The fourth-order valence-corrected chi connectivity index (χ4v) is 1.85. The molecule has 0 aliphatic rings. The van der Waals surface area contributed by atoms with E-state index in [1.165, 1.54) is 6.07 Å². The van der Waals surface area contributed by atoms with Crippen LogP contribution < -0.4 is 5.32 Å². The Morgan fingerprint density at radius 3 is 2.82 bits per heavy atom. The molecule has 0 aromatic carbocycles. The van der Waals surface area contributed by atoms with Gasteiger partial charge in [-0.2, -0.15) is 0 Å². The smallest absolute Gasteiger partial charge is 0.273 e. The molecule has 0 aliphatic carbocycles. The van der Waals surface area contributed by atoms with Crippen molar-refractivity contribution in [3.8, 4) is 0 Å². The monoisotopic (exact) mass is 333 g/mol. The van der Waals surface area contributed by atoms with E-state index in [4.69, 9.17) is 23.2 Å². The first-order valence-corrected chi connectivity index (χ1v) is 6.08. The summed E-state index contributed by atoms with van der Waals surface area (Å²) in [6, 6.07) is 4.98. The maximum atomic E-state index is 11.8. The van der Waals surface area contributed by atoms with Gasteiger partial charge in [-0.3, -0.25) is 4.79 Å². The van der Waals surface area contributed by atoms with Gasteiger partial charge in [0.05, 0.1) is 9.50 Å². The highest BCUT2D eigenvalue weighted by molar-refractivity contribution is 9.10. The molecule has 2 aromatic heterocycles. The van der Waals surface area contributed by atoms with Gasteiger partial charge in [0, 0.05) is 6.20 Å². The molecular formula is C10H6BrCl2N3O. The van der Waals surface area contributed by atoms with E-state index >= 15 is 0 Å². The van der Waals surface area contributed by atoms with Gasteiger partial charge in [0.1, 0.15) is 16.7 Å². The van der Waals surface area contributed by atoms with Crippen LogP contribution in [0, 0.1) is 0 Å². The van der Waals surface area contributed by atoms with Crippen molar-refractivity contribution in [2.75, 3.05) is 5.32 Å². The summed E-state index contributed by atoms with van der Waals surface area (Å²) in [7, 11) is 0. The van der Waals surface area contributed by atoms with E-state index in [-0.39, 0.29) is 16.8 Å². The molecule has 4 nitrogen and oxygen atoms in total. The lowest BCUT2D eigenvalue weighted by atomic mass is 10.4. The molecule has 0 spiro atoms. The quantitative estimate of drug-likeness (QED) is 0.879. The maximum Gasteiger partial charge on any atom is 0.273 e. The summed E-state index contributed by atoms with van der Waals surface area (Å²) >= 11 is 14.7. The fraction of sp³-hybridized carbons (Fsp3) is 0. The van der Waals surface area contributed by atoms with Gasteiger partial charge in [-0.25, -0.2) is 4.98 Å². The van der Waals surface area contributed by atoms with E-state index < -0.39 is 0 Å². The Kier molecular flexibility index (Phi) is 3.71. The van der Waals surface area contributed by atoms with Gasteiger partial charge in [0.25, 0.3) is 5.91 Å². The number of hydrogen-bond acceptors (Lipinski definition) is 2. The van der Waals surface area contributed by atoms with Gasteiger partial charge >= 0.3 is 0 Å². The van der Waals surface area contributed by atoms with E-state index in [2.05, 4.69) is 31.2 Å². The molecule has 2 rings (SSSR count). The van der Waals surface area contributed by atoms with Crippen LogP contribution in [0.1, 0.15) is 10.5 Å². The molecule has 7 heteroatoms. The van der Waals surface area contributed by atoms with E-state index in [1.54, 1.807) is 18.3 Å². The lowest BCUT2D eigenvalue weighted by Crippen LogP contribution is -2.13. The molecule has 17 heavy (non-hydrogen) atoms. The fourth-order valence-electron chi connectivity index (χ4n) is 1.18. The lowest BCUT2D eigenvalue weighted by molar-refractivity contribution is 0.102. The number of hydrogen-bond donors (Lipinski definition) is 2. The highest BCUT2D eigenvalue weighted by Crippen LogP contribution is 2.23. The first kappa shape index (κ1) is 12.4. The third kappa shape index (κ3) is 2.80. The topological polar surface area (TPSA) is 57.8 Å². The molecule has 0 unspecified atom stereocenters. The number of nitrogens with one attached hydrogen (secondary N) is 2. The van der Waals surface area contributed by atoms with Crippen LogP contribution in [-0.2, 0) is 0 Å². The van der Waals surface area contributed by atoms with Crippen molar-refractivity contribution in [1.29, 1.82) is 0 Å². The number of amides is 1. The van der Waals surface area contributed by atoms with Crippen molar-refractivity contribution in [2.45, 2.75) is 0 Å². The molecule has 0 aliphatic heterocycles. The maximum absolute atomic E-state index is 11.8. The van der Waals surface area contributed by atoms with Crippen molar-refractivity contribution in [2.24, 2.45) is 0 Å². The van der Waals surface area contributed by atoms with Crippen molar-refractivity contribution >= 4 is 50.9 Å². The molecule has 2 N–H and O–H groups in total. The Bertz CT molecular complexity index is 551. The minimum absolute atomic E-state index is 0.233. The third-order valence-corrected chi connectivity index (χ3v) is 3.29. The SMILES string of the molecule is O=C(Nc1ncccc1Br)c1cc(Cl)c(Cl)[nH]1. The van der Waals surface area contributed by atoms with E-state index in [0.29, 0.717) is 15.3 Å². The summed E-state index contributed by atoms with van der Waals surface area (Å²) in [5.74, 6) is 0.0672. The highest BCUT2D eigenvalue weighted by atomic mass is 79.9. The summed E-state index contributed by atoms with van der Waals surface area (Å²) in [4.78, 5) is 18.5. The minimum Gasteiger partial charge on any atom is -0.340 e. The minimum atomic E-state index is -0.363.